The van der Waals surface area contributed by atoms with Crippen LogP contribution in [-0.4, -0.2) is 42.3 Å². The van der Waals surface area contributed by atoms with Gasteiger partial charge < -0.3 is 14.2 Å². The third-order valence-electron chi connectivity index (χ3n) is 4.31. The molecule has 0 bridgehead atoms. The molecule has 0 atom stereocenters. The van der Waals surface area contributed by atoms with E-state index in [1.54, 1.807) is 31.2 Å². The van der Waals surface area contributed by atoms with Gasteiger partial charge in [-0.1, -0.05) is 12.1 Å². The maximum Gasteiger partial charge on any atom is 0.326 e. The summed E-state index contributed by atoms with van der Waals surface area (Å²) in [5, 5.41) is -0.542. The lowest BCUT2D eigenvalue weighted by atomic mass is 10.1. The number of carbonyl (C=O) groups excluding carboxylic acids is 3. The summed E-state index contributed by atoms with van der Waals surface area (Å²) in [6.07, 6.45) is 1.53. The first kappa shape index (κ1) is 23.8. The predicted molar refractivity (Wildman–Crippen MR) is 121 cm³/mol. The lowest BCUT2D eigenvalue weighted by Gasteiger charge is -2.14. The van der Waals surface area contributed by atoms with Crippen LogP contribution in [0.15, 0.2) is 45.8 Å². The molecular formula is C22H19BrFNO6S. The van der Waals surface area contributed by atoms with Crippen LogP contribution < -0.4 is 9.47 Å². The van der Waals surface area contributed by atoms with Crippen molar-refractivity contribution in [2.24, 2.45) is 0 Å². The standard InChI is InChI=1S/C22H19BrFNO6S/c1-3-30-19(26)11-25-21(27)18(32-22(25)28)10-14-8-16(23)20(17(9-14)29-2)31-12-13-4-6-15(24)7-5-13/h4-10H,3,11-12H2,1-2H3/b18-10-. The highest BCUT2D eigenvalue weighted by molar-refractivity contribution is 9.10. The molecule has 1 fully saturated rings. The monoisotopic (exact) mass is 523 g/mol. The normalized spacial score (nSPS) is 14.8. The van der Waals surface area contributed by atoms with E-state index < -0.39 is 23.7 Å². The van der Waals surface area contributed by atoms with Crippen LogP contribution >= 0.6 is 27.7 Å². The molecule has 2 aromatic rings. The van der Waals surface area contributed by atoms with E-state index in [-0.39, 0.29) is 23.9 Å². The van der Waals surface area contributed by atoms with Crippen LogP contribution in [0.4, 0.5) is 9.18 Å². The van der Waals surface area contributed by atoms with Crippen molar-refractivity contribution in [2.45, 2.75) is 13.5 Å². The second kappa shape index (κ2) is 10.6. The van der Waals surface area contributed by atoms with E-state index in [1.165, 1.54) is 25.3 Å². The van der Waals surface area contributed by atoms with E-state index in [2.05, 4.69) is 15.9 Å². The van der Waals surface area contributed by atoms with Gasteiger partial charge in [-0.3, -0.25) is 19.3 Å². The van der Waals surface area contributed by atoms with Crippen molar-refractivity contribution >= 4 is 50.9 Å². The molecule has 3 rings (SSSR count). The zero-order valence-electron chi connectivity index (χ0n) is 17.2. The molecule has 0 unspecified atom stereocenters. The van der Waals surface area contributed by atoms with Gasteiger partial charge >= 0.3 is 5.97 Å². The molecule has 2 aromatic carbocycles. The number of ether oxygens (including phenoxy) is 3. The van der Waals surface area contributed by atoms with Gasteiger partial charge in [0.25, 0.3) is 11.1 Å². The zero-order valence-corrected chi connectivity index (χ0v) is 19.6. The van der Waals surface area contributed by atoms with Gasteiger partial charge in [0.2, 0.25) is 0 Å². The average Bonchev–Trinajstić information content (AvgIpc) is 3.01. The fourth-order valence-electron chi connectivity index (χ4n) is 2.82. The number of hydrogen-bond acceptors (Lipinski definition) is 7. The number of nitrogens with zero attached hydrogens (tertiary/aromatic N) is 1. The molecule has 0 N–H and O–H groups in total. The molecule has 0 aliphatic carbocycles. The SMILES string of the molecule is CCOC(=O)CN1C(=O)S/C(=C\c2cc(Br)c(OCc3ccc(F)cc3)c(OC)c2)C1=O. The first-order valence-electron chi connectivity index (χ1n) is 9.48. The van der Waals surface area contributed by atoms with Gasteiger partial charge in [-0.15, -0.1) is 0 Å². The summed E-state index contributed by atoms with van der Waals surface area (Å²) in [4.78, 5) is 37.4. The van der Waals surface area contributed by atoms with Gasteiger partial charge in [-0.2, -0.15) is 0 Å². The van der Waals surface area contributed by atoms with Crippen LogP contribution in [0.2, 0.25) is 0 Å². The third kappa shape index (κ3) is 5.68. The van der Waals surface area contributed by atoms with Crippen molar-refractivity contribution in [1.29, 1.82) is 0 Å². The number of esters is 1. The van der Waals surface area contributed by atoms with Crippen LogP contribution in [0.25, 0.3) is 6.08 Å². The quantitative estimate of drug-likeness (QED) is 0.363. The van der Waals surface area contributed by atoms with Crippen LogP contribution in [0, 0.1) is 5.82 Å². The maximum atomic E-state index is 13.1. The smallest absolute Gasteiger partial charge is 0.326 e. The van der Waals surface area contributed by atoms with Crippen LogP contribution in [0.1, 0.15) is 18.1 Å². The Kier molecular flexibility index (Phi) is 7.92. The molecule has 32 heavy (non-hydrogen) atoms. The van der Waals surface area contributed by atoms with Crippen molar-refractivity contribution in [1.82, 2.24) is 4.90 Å². The second-order valence-corrected chi connectivity index (χ2v) is 8.37. The second-order valence-electron chi connectivity index (χ2n) is 6.52. The molecular weight excluding hydrogens is 505 g/mol. The molecule has 0 aromatic heterocycles. The van der Waals surface area contributed by atoms with Crippen molar-refractivity contribution < 1.29 is 33.0 Å². The number of rotatable bonds is 8. The summed E-state index contributed by atoms with van der Waals surface area (Å²) >= 11 is 4.18. The van der Waals surface area contributed by atoms with Gasteiger partial charge in [-0.05, 0) is 76.1 Å². The molecule has 1 heterocycles. The Morgan fingerprint density at radius 1 is 1.22 bits per heavy atom. The zero-order chi connectivity index (χ0) is 23.3. The molecule has 10 heteroatoms. The van der Waals surface area contributed by atoms with Gasteiger partial charge in [0.1, 0.15) is 19.0 Å². The van der Waals surface area contributed by atoms with Crippen molar-refractivity contribution in [3.8, 4) is 11.5 Å². The molecule has 1 saturated heterocycles. The maximum absolute atomic E-state index is 13.1. The highest BCUT2D eigenvalue weighted by atomic mass is 79.9. The van der Waals surface area contributed by atoms with Gasteiger partial charge in [0.15, 0.2) is 11.5 Å². The van der Waals surface area contributed by atoms with Crippen LogP contribution in [0.3, 0.4) is 0 Å². The number of methoxy groups -OCH3 is 1. The Bertz CT molecular complexity index is 1070. The van der Waals surface area contributed by atoms with Gasteiger partial charge in [0.05, 0.1) is 23.1 Å². The number of halogens is 2. The number of amides is 2. The number of benzene rings is 2. The highest BCUT2D eigenvalue weighted by Gasteiger charge is 2.36. The summed E-state index contributed by atoms with van der Waals surface area (Å²) in [6, 6.07) is 9.31. The fourth-order valence-corrected chi connectivity index (χ4v) is 4.24. The van der Waals surface area contributed by atoms with E-state index in [0.717, 1.165) is 22.2 Å². The Morgan fingerprint density at radius 3 is 2.59 bits per heavy atom. The fraction of sp³-hybridized carbons (Fsp3) is 0.227. The molecule has 1 aliphatic heterocycles. The summed E-state index contributed by atoms with van der Waals surface area (Å²) in [6.45, 7) is 1.57. The van der Waals surface area contributed by atoms with Gasteiger partial charge in [0, 0.05) is 0 Å². The lowest BCUT2D eigenvalue weighted by molar-refractivity contribution is -0.145. The Morgan fingerprint density at radius 2 is 1.94 bits per heavy atom. The Labute approximate surface area is 196 Å². The van der Waals surface area contributed by atoms with Crippen molar-refractivity contribution in [3.05, 3.63) is 62.7 Å². The van der Waals surface area contributed by atoms with E-state index in [9.17, 15) is 18.8 Å². The van der Waals surface area contributed by atoms with Crippen molar-refractivity contribution in [3.63, 3.8) is 0 Å². The largest absolute Gasteiger partial charge is 0.493 e. The van der Waals surface area contributed by atoms with E-state index in [4.69, 9.17) is 14.2 Å². The molecule has 0 radical (unpaired) electrons. The molecule has 0 spiro atoms. The van der Waals surface area contributed by atoms with Crippen LogP contribution in [0.5, 0.6) is 11.5 Å². The summed E-state index contributed by atoms with van der Waals surface area (Å²) in [7, 11) is 1.48. The van der Waals surface area contributed by atoms with E-state index >= 15 is 0 Å². The minimum atomic E-state index is -0.650. The van der Waals surface area contributed by atoms with E-state index in [0.29, 0.717) is 21.5 Å². The minimum Gasteiger partial charge on any atom is -0.493 e. The first-order valence-corrected chi connectivity index (χ1v) is 11.1. The molecule has 1 aliphatic rings. The van der Waals surface area contributed by atoms with Crippen LogP contribution in [-0.2, 0) is 20.9 Å². The number of hydrogen-bond donors (Lipinski definition) is 0. The number of thioether (sulfide) groups is 1. The molecule has 7 nitrogen and oxygen atoms in total. The topological polar surface area (TPSA) is 82.1 Å². The van der Waals surface area contributed by atoms with Gasteiger partial charge in [-0.25, -0.2) is 4.39 Å². The Hall–Kier alpha value is -2.85. The molecule has 0 saturated carbocycles. The number of carbonyl (C=O) groups is 3. The Balaban J connectivity index is 1.78. The van der Waals surface area contributed by atoms with E-state index in [1.807, 2.05) is 0 Å². The number of imide groups is 1. The summed E-state index contributed by atoms with van der Waals surface area (Å²) in [5.74, 6) is -0.714. The first-order chi connectivity index (χ1) is 15.3. The minimum absolute atomic E-state index is 0.161. The van der Waals surface area contributed by atoms with Crippen molar-refractivity contribution in [2.75, 3.05) is 20.3 Å². The predicted octanol–water partition coefficient (Wildman–Crippen LogP) is 4.78. The highest BCUT2D eigenvalue weighted by Crippen LogP contribution is 2.39. The molecule has 168 valence electrons. The third-order valence-corrected chi connectivity index (χ3v) is 5.81. The lowest BCUT2D eigenvalue weighted by Crippen LogP contribution is -2.34. The molecule has 2 amide bonds. The summed E-state index contributed by atoms with van der Waals surface area (Å²) in [5.41, 5.74) is 1.36. The summed E-state index contributed by atoms with van der Waals surface area (Å²) < 4.78 is 29.7. The average molecular weight is 524 g/mol.